The molecule has 0 radical (unpaired) electrons. The van der Waals surface area contributed by atoms with E-state index in [0.717, 1.165) is 56.4 Å². The molecule has 0 unspecified atom stereocenters. The third-order valence-corrected chi connectivity index (χ3v) is 15.5. The molecule has 366 valence electrons. The van der Waals surface area contributed by atoms with Gasteiger partial charge < -0.3 is 9.80 Å². The van der Waals surface area contributed by atoms with Gasteiger partial charge in [-0.25, -0.2) is 4.98 Å². The quantitative estimate of drug-likeness (QED) is 0.148. The second-order valence-electron chi connectivity index (χ2n) is 23.7. The van der Waals surface area contributed by atoms with Crippen LogP contribution < -0.4 is 26.2 Å². The van der Waals surface area contributed by atoms with E-state index in [4.69, 9.17) is 4.98 Å². The van der Waals surface area contributed by atoms with Crippen molar-refractivity contribution < 1.29 is 0 Å². The Morgan fingerprint density at radius 3 is 1.12 bits per heavy atom. The number of hydrogen-bond donors (Lipinski definition) is 0. The van der Waals surface area contributed by atoms with Gasteiger partial charge in [0, 0.05) is 45.3 Å². The van der Waals surface area contributed by atoms with E-state index < -0.39 is 0 Å². The second kappa shape index (κ2) is 18.3. The van der Waals surface area contributed by atoms with Gasteiger partial charge in [0.1, 0.15) is 0 Å². The summed E-state index contributed by atoms with van der Waals surface area (Å²) in [5.74, 6) is 0. The lowest BCUT2D eigenvalue weighted by Gasteiger charge is -2.45. The summed E-state index contributed by atoms with van der Waals surface area (Å²) < 4.78 is 0. The van der Waals surface area contributed by atoms with Crippen molar-refractivity contribution in [3.05, 3.63) is 241 Å². The zero-order valence-electron chi connectivity index (χ0n) is 44.8. The number of aromatic nitrogens is 1. The van der Waals surface area contributed by atoms with Gasteiger partial charge in [0.2, 0.25) is 0 Å². The molecule has 75 heavy (non-hydrogen) atoms. The first kappa shape index (κ1) is 47.8. The first-order valence-corrected chi connectivity index (χ1v) is 26.6. The number of hydrogen-bond acceptors (Lipinski definition) is 3. The van der Waals surface area contributed by atoms with Crippen LogP contribution in [0, 0.1) is 0 Å². The predicted molar refractivity (Wildman–Crippen MR) is 322 cm³/mol. The zero-order chi connectivity index (χ0) is 51.8. The molecule has 3 nitrogen and oxygen atoms in total. The molecular formula is C71H64BN3. The fourth-order valence-corrected chi connectivity index (χ4v) is 11.3. The molecule has 2 aliphatic heterocycles. The highest BCUT2D eigenvalue weighted by atomic mass is 15.2. The van der Waals surface area contributed by atoms with Crippen LogP contribution in [0.3, 0.4) is 0 Å². The topological polar surface area (TPSA) is 19.4 Å². The van der Waals surface area contributed by atoms with E-state index in [1.165, 1.54) is 66.7 Å². The highest BCUT2D eigenvalue weighted by molar-refractivity contribution is 7.00. The summed E-state index contributed by atoms with van der Waals surface area (Å²) in [6.45, 7) is 20.9. The average Bonchev–Trinajstić information content (AvgIpc) is 3.44. The van der Waals surface area contributed by atoms with E-state index >= 15 is 0 Å². The van der Waals surface area contributed by atoms with Crippen molar-refractivity contribution in [3.63, 3.8) is 0 Å². The standard InChI is InChI=1S/C71H64BN3/c1-69(2,3)55-32-34-58(35-33-55)74-64-40-51(47-22-14-10-15-23-47)30-36-60(64)72-61-37-31-52(48-24-16-11-17-25-48)41-65(61)75(59-45-56(70(4,5)6)44-57(46-59)71(7,8)9)67-43-54(42-66(74)68(67)72)63-39-53(49-26-18-12-19-27-49)38-62(73-63)50-28-20-13-21-29-50/h10-46H,1-9H3. The molecule has 0 saturated heterocycles. The predicted octanol–water partition coefficient (Wildman–Crippen LogP) is 17.4. The summed E-state index contributed by atoms with van der Waals surface area (Å²) in [7, 11) is 0. The van der Waals surface area contributed by atoms with Crippen molar-refractivity contribution in [3.8, 4) is 55.9 Å². The van der Waals surface area contributed by atoms with Gasteiger partial charge in [-0.3, -0.25) is 0 Å². The molecule has 12 rings (SSSR count). The van der Waals surface area contributed by atoms with Crippen LogP contribution in [0.4, 0.5) is 34.1 Å². The van der Waals surface area contributed by atoms with Crippen LogP contribution in [0.1, 0.15) is 79.0 Å². The Morgan fingerprint density at radius 1 is 0.293 bits per heavy atom. The van der Waals surface area contributed by atoms with E-state index in [2.05, 4.69) is 297 Å². The second-order valence-corrected chi connectivity index (χ2v) is 23.7. The Morgan fingerprint density at radius 2 is 0.680 bits per heavy atom. The summed E-state index contributed by atoms with van der Waals surface area (Å²) >= 11 is 0. The zero-order valence-corrected chi connectivity index (χ0v) is 44.8. The van der Waals surface area contributed by atoms with Crippen molar-refractivity contribution in [2.24, 2.45) is 0 Å². The van der Waals surface area contributed by atoms with Crippen molar-refractivity contribution in [2.75, 3.05) is 9.80 Å². The van der Waals surface area contributed by atoms with E-state index in [-0.39, 0.29) is 23.0 Å². The summed E-state index contributed by atoms with van der Waals surface area (Å²) in [4.78, 5) is 10.8. The maximum Gasteiger partial charge on any atom is 0.252 e. The molecule has 0 aliphatic carbocycles. The number of pyridine rings is 1. The Labute approximate surface area is 445 Å². The van der Waals surface area contributed by atoms with Crippen LogP contribution in [-0.4, -0.2) is 11.7 Å². The fourth-order valence-electron chi connectivity index (χ4n) is 11.3. The lowest BCUT2D eigenvalue weighted by Crippen LogP contribution is -2.61. The van der Waals surface area contributed by atoms with Gasteiger partial charge in [0.15, 0.2) is 0 Å². The number of anilines is 6. The minimum Gasteiger partial charge on any atom is -0.311 e. The third kappa shape index (κ3) is 8.87. The lowest BCUT2D eigenvalue weighted by molar-refractivity contribution is 0.569. The first-order chi connectivity index (χ1) is 36.1. The largest absolute Gasteiger partial charge is 0.311 e. The first-order valence-electron chi connectivity index (χ1n) is 26.6. The van der Waals surface area contributed by atoms with Gasteiger partial charge in [-0.2, -0.15) is 0 Å². The number of nitrogens with zero attached hydrogens (tertiary/aromatic N) is 3. The Bertz CT molecular complexity index is 3660. The van der Waals surface area contributed by atoms with E-state index in [9.17, 15) is 0 Å². The van der Waals surface area contributed by atoms with Crippen LogP contribution in [0.5, 0.6) is 0 Å². The van der Waals surface area contributed by atoms with Crippen LogP contribution in [0.15, 0.2) is 224 Å². The van der Waals surface area contributed by atoms with E-state index in [1.54, 1.807) is 0 Å². The Balaban J connectivity index is 1.22. The van der Waals surface area contributed by atoms with Gasteiger partial charge >= 0.3 is 0 Å². The number of fused-ring (bicyclic) bond motifs is 4. The van der Waals surface area contributed by atoms with Crippen molar-refractivity contribution in [2.45, 2.75) is 78.6 Å². The molecular weight excluding hydrogens is 906 g/mol. The minimum absolute atomic E-state index is 0.00872. The summed E-state index contributed by atoms with van der Waals surface area (Å²) in [5.41, 5.74) is 25.4. The normalized spacial score (nSPS) is 13.1. The molecule has 1 aromatic heterocycles. The van der Waals surface area contributed by atoms with Crippen molar-refractivity contribution in [1.29, 1.82) is 0 Å². The molecule has 2 aliphatic rings. The van der Waals surface area contributed by atoms with Gasteiger partial charge in [0.05, 0.1) is 11.4 Å². The number of rotatable bonds is 7. The average molecular weight is 970 g/mol. The lowest BCUT2D eigenvalue weighted by atomic mass is 9.33. The number of benzene rings is 9. The van der Waals surface area contributed by atoms with Crippen LogP contribution >= 0.6 is 0 Å². The molecule has 0 amide bonds. The molecule has 10 aromatic rings. The minimum atomic E-state index is -0.106. The van der Waals surface area contributed by atoms with Gasteiger partial charge in [-0.1, -0.05) is 226 Å². The van der Waals surface area contributed by atoms with E-state index in [0.29, 0.717) is 0 Å². The van der Waals surface area contributed by atoms with Crippen molar-refractivity contribution in [1.82, 2.24) is 4.98 Å². The maximum atomic E-state index is 5.65. The van der Waals surface area contributed by atoms with Crippen LogP contribution in [0.2, 0.25) is 0 Å². The van der Waals surface area contributed by atoms with Crippen LogP contribution in [0.25, 0.3) is 55.9 Å². The molecule has 0 saturated carbocycles. The maximum absolute atomic E-state index is 5.65. The highest BCUT2D eigenvalue weighted by Gasteiger charge is 2.44. The Hall–Kier alpha value is -8.21. The molecule has 0 atom stereocenters. The Kier molecular flexibility index (Phi) is 11.7. The summed E-state index contributed by atoms with van der Waals surface area (Å²) in [6.07, 6.45) is 0. The highest BCUT2D eigenvalue weighted by Crippen LogP contribution is 2.49. The fraction of sp³-hybridized carbons (Fsp3) is 0.169. The SMILES string of the molecule is CC(C)(C)c1ccc(N2c3cc(-c4ccccc4)ccc3B3c4ccc(-c5ccccc5)cc4N(c4cc(C(C)(C)C)cc(C(C)(C)C)c4)c4cc(-c5cc(-c6ccccc6)cc(-c6ccccc6)n5)cc2c43)cc1. The molecule has 0 fully saturated rings. The van der Waals surface area contributed by atoms with E-state index in [1.807, 2.05) is 0 Å². The molecule has 0 N–H and O–H groups in total. The summed E-state index contributed by atoms with van der Waals surface area (Å²) in [6, 6.07) is 83.6. The van der Waals surface area contributed by atoms with Gasteiger partial charge in [0.25, 0.3) is 6.71 Å². The monoisotopic (exact) mass is 970 g/mol. The van der Waals surface area contributed by atoms with Gasteiger partial charge in [-0.05, 0) is 143 Å². The van der Waals surface area contributed by atoms with Gasteiger partial charge in [-0.15, -0.1) is 0 Å². The molecule has 9 aromatic carbocycles. The molecule has 4 heteroatoms. The third-order valence-electron chi connectivity index (χ3n) is 15.5. The molecule has 0 bridgehead atoms. The summed E-state index contributed by atoms with van der Waals surface area (Å²) in [5, 5.41) is 0. The smallest absolute Gasteiger partial charge is 0.252 e. The molecule has 3 heterocycles. The van der Waals surface area contributed by atoms with Crippen molar-refractivity contribution >= 4 is 57.2 Å². The molecule has 0 spiro atoms. The van der Waals surface area contributed by atoms with Crippen LogP contribution in [-0.2, 0) is 16.2 Å².